The monoisotopic (exact) mass is 407 g/mol. The summed E-state index contributed by atoms with van der Waals surface area (Å²) in [7, 11) is -3.74. The quantitative estimate of drug-likeness (QED) is 0.396. The zero-order chi connectivity index (χ0) is 17.5. The number of aromatic nitrogens is 1. The lowest BCUT2D eigenvalue weighted by atomic mass is 10.1. The zero-order valence-corrected chi connectivity index (χ0v) is 15.1. The van der Waals surface area contributed by atoms with Gasteiger partial charge >= 0.3 is 0 Å². The topological polar surface area (TPSA) is 94.2 Å². The van der Waals surface area contributed by atoms with E-state index in [1.165, 1.54) is 16.2 Å². The molecule has 124 valence electrons. The maximum atomic E-state index is 12.9. The number of fused-ring (bicyclic) bond motifs is 1. The maximum absolute atomic E-state index is 12.9. The number of hydrogen-bond donors (Lipinski definition) is 2. The molecule has 3 N–H and O–H groups in total. The van der Waals surface area contributed by atoms with Crippen LogP contribution in [0.1, 0.15) is 15.9 Å². The van der Waals surface area contributed by atoms with E-state index in [-0.39, 0.29) is 4.90 Å². The average Bonchev–Trinajstić information content (AvgIpc) is 2.91. The largest absolute Gasteiger partial charge is 0.290 e. The Hall–Kier alpha value is -2.16. The second-order valence-corrected chi connectivity index (χ2v) is 7.97. The van der Waals surface area contributed by atoms with E-state index in [0.717, 1.165) is 5.56 Å². The Morgan fingerprint density at radius 3 is 2.46 bits per heavy atom. The van der Waals surface area contributed by atoms with Crippen molar-refractivity contribution in [2.45, 2.75) is 11.8 Å². The molecule has 1 heterocycles. The lowest BCUT2D eigenvalue weighted by Gasteiger charge is -2.08. The summed E-state index contributed by atoms with van der Waals surface area (Å²) < 4.78 is 27.5. The van der Waals surface area contributed by atoms with Crippen LogP contribution in [-0.4, -0.2) is 18.3 Å². The lowest BCUT2D eigenvalue weighted by molar-refractivity contribution is 0.0954. The summed E-state index contributed by atoms with van der Waals surface area (Å²) in [6, 6.07) is 11.3. The number of nitrogen functional groups attached to an aromatic ring is 1. The number of nitrogens with two attached hydrogens (primary N) is 1. The van der Waals surface area contributed by atoms with Gasteiger partial charge in [-0.3, -0.25) is 10.2 Å². The van der Waals surface area contributed by atoms with Crippen LogP contribution < -0.4 is 11.3 Å². The molecule has 1 amide bonds. The molecule has 0 saturated carbocycles. The third kappa shape index (κ3) is 2.72. The van der Waals surface area contributed by atoms with Gasteiger partial charge in [0.25, 0.3) is 15.9 Å². The highest BCUT2D eigenvalue weighted by atomic mass is 79.9. The molecule has 0 saturated heterocycles. The Bertz CT molecular complexity index is 1040. The number of halogens is 1. The van der Waals surface area contributed by atoms with Gasteiger partial charge in [0.1, 0.15) is 0 Å². The molecule has 0 bridgehead atoms. The van der Waals surface area contributed by atoms with Crippen molar-refractivity contribution in [1.82, 2.24) is 9.40 Å². The molecule has 24 heavy (non-hydrogen) atoms. The molecule has 8 heteroatoms. The molecule has 0 unspecified atom stereocenters. The SMILES string of the molecule is Cc1ccc(S(=O)(=O)n2cc(Br)c3cc(C(=O)NN)ccc32)cc1. The number of carbonyl (C=O) groups is 1. The molecule has 2 aromatic carbocycles. The first-order valence-electron chi connectivity index (χ1n) is 6.98. The summed E-state index contributed by atoms with van der Waals surface area (Å²) >= 11 is 3.35. The predicted octanol–water partition coefficient (Wildman–Crippen LogP) is 2.55. The first kappa shape index (κ1) is 16.7. The van der Waals surface area contributed by atoms with Gasteiger partial charge in [-0.25, -0.2) is 18.2 Å². The van der Waals surface area contributed by atoms with Crippen LogP contribution in [-0.2, 0) is 10.0 Å². The number of carbonyl (C=O) groups excluding carboxylic acids is 1. The molecule has 0 fully saturated rings. The van der Waals surface area contributed by atoms with E-state index in [0.29, 0.717) is 20.9 Å². The maximum Gasteiger partial charge on any atom is 0.268 e. The Labute approximate surface area is 147 Å². The van der Waals surface area contributed by atoms with Gasteiger partial charge in [-0.2, -0.15) is 0 Å². The summed E-state index contributed by atoms with van der Waals surface area (Å²) in [6.45, 7) is 1.89. The van der Waals surface area contributed by atoms with Crippen LogP contribution >= 0.6 is 15.9 Å². The van der Waals surface area contributed by atoms with Crippen LogP contribution in [0.5, 0.6) is 0 Å². The summed E-state index contributed by atoms with van der Waals surface area (Å²) in [4.78, 5) is 11.8. The molecule has 0 aliphatic heterocycles. The van der Waals surface area contributed by atoms with Gasteiger partial charge in [0.15, 0.2) is 0 Å². The standard InChI is InChI=1S/C16H14BrN3O3S/c1-10-2-5-12(6-3-10)24(22,23)20-9-14(17)13-8-11(16(21)19-18)4-7-15(13)20/h2-9H,18H2,1H3,(H,19,21). The van der Waals surface area contributed by atoms with Gasteiger partial charge in [-0.15, -0.1) is 0 Å². The fourth-order valence-corrected chi connectivity index (χ4v) is 4.44. The van der Waals surface area contributed by atoms with Crippen molar-refractivity contribution in [2.24, 2.45) is 5.84 Å². The molecule has 3 rings (SSSR count). The predicted molar refractivity (Wildman–Crippen MR) is 95.1 cm³/mol. The number of rotatable bonds is 3. The molecule has 3 aromatic rings. The molecular weight excluding hydrogens is 394 g/mol. The molecule has 0 spiro atoms. The van der Waals surface area contributed by atoms with Crippen molar-refractivity contribution in [1.29, 1.82) is 0 Å². The Kier molecular flexibility index (Phi) is 4.20. The molecular formula is C16H14BrN3O3S. The van der Waals surface area contributed by atoms with Crippen LogP contribution in [0, 0.1) is 6.92 Å². The van der Waals surface area contributed by atoms with Gasteiger partial charge < -0.3 is 0 Å². The molecule has 0 atom stereocenters. The van der Waals surface area contributed by atoms with Crippen molar-refractivity contribution in [3.8, 4) is 0 Å². The van der Waals surface area contributed by atoms with Crippen molar-refractivity contribution in [3.63, 3.8) is 0 Å². The van der Waals surface area contributed by atoms with E-state index in [1.807, 2.05) is 6.92 Å². The lowest BCUT2D eigenvalue weighted by Crippen LogP contribution is -2.29. The minimum atomic E-state index is -3.74. The van der Waals surface area contributed by atoms with Crippen LogP contribution in [0.25, 0.3) is 10.9 Å². The Balaban J connectivity index is 2.20. The van der Waals surface area contributed by atoms with Gasteiger partial charge in [-0.05, 0) is 53.2 Å². The number of hydrogen-bond acceptors (Lipinski definition) is 4. The van der Waals surface area contributed by atoms with Crippen molar-refractivity contribution >= 4 is 42.8 Å². The van der Waals surface area contributed by atoms with Gasteiger partial charge in [0.05, 0.1) is 10.4 Å². The van der Waals surface area contributed by atoms with Gasteiger partial charge in [0.2, 0.25) is 0 Å². The molecule has 0 aliphatic rings. The van der Waals surface area contributed by atoms with E-state index in [9.17, 15) is 13.2 Å². The van der Waals surface area contributed by atoms with Crippen LogP contribution in [0.4, 0.5) is 0 Å². The van der Waals surface area contributed by atoms with Crippen molar-refractivity contribution in [2.75, 3.05) is 0 Å². The van der Waals surface area contributed by atoms with Crippen LogP contribution in [0.3, 0.4) is 0 Å². The first-order chi connectivity index (χ1) is 11.3. The fraction of sp³-hybridized carbons (Fsp3) is 0.0625. The van der Waals surface area contributed by atoms with E-state index in [1.54, 1.807) is 36.4 Å². The smallest absolute Gasteiger partial charge is 0.268 e. The Morgan fingerprint density at radius 1 is 1.17 bits per heavy atom. The second kappa shape index (κ2) is 6.04. The fourth-order valence-electron chi connectivity index (χ4n) is 2.41. The summed E-state index contributed by atoms with van der Waals surface area (Å²) in [6.07, 6.45) is 1.48. The van der Waals surface area contributed by atoms with E-state index in [4.69, 9.17) is 5.84 Å². The Morgan fingerprint density at radius 2 is 1.83 bits per heavy atom. The minimum absolute atomic E-state index is 0.196. The summed E-state index contributed by atoms with van der Waals surface area (Å²) in [5, 5.41) is 0.604. The number of nitrogens with zero attached hydrogens (tertiary/aromatic N) is 1. The van der Waals surface area contributed by atoms with Gasteiger partial charge in [-0.1, -0.05) is 17.7 Å². The average molecular weight is 408 g/mol. The van der Waals surface area contributed by atoms with E-state index < -0.39 is 15.9 Å². The zero-order valence-electron chi connectivity index (χ0n) is 12.7. The number of nitrogens with one attached hydrogen (secondary N) is 1. The number of aryl methyl sites for hydroxylation is 1. The number of benzene rings is 2. The molecule has 1 aromatic heterocycles. The second-order valence-electron chi connectivity index (χ2n) is 5.30. The van der Waals surface area contributed by atoms with Crippen LogP contribution in [0.2, 0.25) is 0 Å². The van der Waals surface area contributed by atoms with Crippen molar-refractivity contribution in [3.05, 3.63) is 64.3 Å². The highest BCUT2D eigenvalue weighted by Gasteiger charge is 2.21. The summed E-state index contributed by atoms with van der Waals surface area (Å²) in [5.41, 5.74) is 3.84. The third-order valence-corrected chi connectivity index (χ3v) is 6.01. The van der Waals surface area contributed by atoms with Crippen LogP contribution in [0.15, 0.2) is 58.0 Å². The van der Waals surface area contributed by atoms with E-state index >= 15 is 0 Å². The third-order valence-electron chi connectivity index (χ3n) is 3.69. The normalized spacial score (nSPS) is 11.6. The van der Waals surface area contributed by atoms with Gasteiger partial charge in [0, 0.05) is 21.6 Å². The van der Waals surface area contributed by atoms with E-state index in [2.05, 4.69) is 21.4 Å². The number of amides is 1. The highest BCUT2D eigenvalue weighted by Crippen LogP contribution is 2.30. The first-order valence-corrected chi connectivity index (χ1v) is 9.21. The molecule has 6 nitrogen and oxygen atoms in total. The summed E-state index contributed by atoms with van der Waals surface area (Å²) in [5.74, 6) is 4.69. The minimum Gasteiger partial charge on any atom is -0.290 e. The van der Waals surface area contributed by atoms with Crippen molar-refractivity contribution < 1.29 is 13.2 Å². The molecule has 0 aliphatic carbocycles. The molecule has 0 radical (unpaired) electrons. The number of hydrazine groups is 1. The highest BCUT2D eigenvalue weighted by molar-refractivity contribution is 9.10.